The molecule has 0 radical (unpaired) electrons. The molecule has 1 heteroatoms. The van der Waals surface area contributed by atoms with Crippen LogP contribution in [0.1, 0.15) is 80.6 Å². The maximum absolute atomic E-state index is 4.29. The van der Waals surface area contributed by atoms with E-state index >= 15 is 0 Å². The van der Waals surface area contributed by atoms with E-state index in [1.807, 2.05) is 0 Å². The first kappa shape index (κ1) is 22.3. The molecule has 0 aliphatic heterocycles. The highest BCUT2D eigenvalue weighted by Crippen LogP contribution is 2.36. The van der Waals surface area contributed by atoms with Gasteiger partial charge in [-0.1, -0.05) is 61.8 Å². The topological polar surface area (TPSA) is 0 Å². The Bertz CT molecular complexity index is 458. The van der Waals surface area contributed by atoms with E-state index in [-0.39, 0.29) is 0 Å². The van der Waals surface area contributed by atoms with Gasteiger partial charge in [-0.15, -0.1) is 0 Å². The molecule has 0 aromatic heterocycles. The summed E-state index contributed by atoms with van der Waals surface area (Å²) in [6.07, 6.45) is 15.1. The largest absolute Gasteiger partial charge is 0.175 e. The zero-order valence-corrected chi connectivity index (χ0v) is 17.4. The maximum Gasteiger partial charge on any atom is 0.00883 e. The van der Waals surface area contributed by atoms with Crippen molar-refractivity contribution in [2.45, 2.75) is 80.6 Å². The van der Waals surface area contributed by atoms with Gasteiger partial charge in [-0.25, -0.2) is 0 Å². The van der Waals surface area contributed by atoms with Crippen molar-refractivity contribution in [2.24, 2.45) is 5.41 Å². The van der Waals surface area contributed by atoms with Crippen molar-refractivity contribution in [3.8, 4) is 0 Å². The van der Waals surface area contributed by atoms with E-state index in [1.54, 1.807) is 0 Å². The molecule has 132 valence electrons. The van der Waals surface area contributed by atoms with Gasteiger partial charge < -0.3 is 0 Å². The molecule has 0 amide bonds. The summed E-state index contributed by atoms with van der Waals surface area (Å²) in [5, 5.41) is 0. The fourth-order valence-corrected chi connectivity index (χ4v) is 3.08. The highest BCUT2D eigenvalue weighted by atomic mass is 32.1. The molecular weight excluding hydrogens is 296 g/mol. The summed E-state index contributed by atoms with van der Waals surface area (Å²) in [5.74, 6) is 0.816. The van der Waals surface area contributed by atoms with E-state index in [2.05, 4.69) is 85.4 Å². The Kier molecular flexibility index (Phi) is 11.4. The lowest BCUT2D eigenvalue weighted by Gasteiger charge is -2.29. The molecule has 0 spiro atoms. The molecule has 0 heterocycles. The molecule has 0 nitrogen and oxygen atoms in total. The molecular formula is C22H38S. The summed E-state index contributed by atoms with van der Waals surface area (Å²) < 4.78 is 0. The van der Waals surface area contributed by atoms with Crippen LogP contribution in [0.15, 0.2) is 46.6 Å². The smallest absolute Gasteiger partial charge is 0.00883 e. The summed E-state index contributed by atoms with van der Waals surface area (Å²) in [5.41, 5.74) is 6.10. The Balaban J connectivity index is 4.95. The standard InChI is InChI=1S/C22H38S/c1-8-21(19(5)15-17-23)14-10-13-20(6)22(7,9-2)16-11-12-18(3)4/h12-15,23H,8-11,16-17H2,1-7H3/b19-15+,20-13+,21-14+. The molecule has 0 aromatic carbocycles. The van der Waals surface area contributed by atoms with Crippen LogP contribution < -0.4 is 0 Å². The average molecular weight is 335 g/mol. The summed E-state index contributed by atoms with van der Waals surface area (Å²) in [4.78, 5) is 0. The fraction of sp³-hybridized carbons (Fsp3) is 0.636. The highest BCUT2D eigenvalue weighted by molar-refractivity contribution is 7.80. The van der Waals surface area contributed by atoms with Gasteiger partial charge in [0.25, 0.3) is 0 Å². The fourth-order valence-electron chi connectivity index (χ4n) is 2.81. The van der Waals surface area contributed by atoms with E-state index in [0.717, 1.165) is 18.6 Å². The summed E-state index contributed by atoms with van der Waals surface area (Å²) in [6, 6.07) is 0. The second-order valence-corrected chi connectivity index (χ2v) is 7.37. The lowest BCUT2D eigenvalue weighted by Crippen LogP contribution is -2.16. The van der Waals surface area contributed by atoms with Gasteiger partial charge in [-0.3, -0.25) is 0 Å². The van der Waals surface area contributed by atoms with E-state index in [4.69, 9.17) is 0 Å². The molecule has 1 atom stereocenters. The minimum Gasteiger partial charge on any atom is -0.175 e. The van der Waals surface area contributed by atoms with Gasteiger partial charge in [0, 0.05) is 5.75 Å². The molecule has 0 aliphatic carbocycles. The molecule has 0 N–H and O–H groups in total. The summed E-state index contributed by atoms with van der Waals surface area (Å²) in [6.45, 7) is 15.8. The molecule has 0 fully saturated rings. The SMILES string of the molecule is CCC(=C\C/C=C(\C)C(C)(CC)CCC=C(C)C)/C(C)=C/CS. The Hall–Kier alpha value is -0.690. The number of allylic oxidation sites excluding steroid dienone is 7. The quantitative estimate of drug-likeness (QED) is 0.236. The first-order valence-corrected chi connectivity index (χ1v) is 9.71. The van der Waals surface area contributed by atoms with E-state index in [1.165, 1.54) is 41.6 Å². The maximum atomic E-state index is 4.29. The van der Waals surface area contributed by atoms with Crippen molar-refractivity contribution in [1.29, 1.82) is 0 Å². The van der Waals surface area contributed by atoms with Crippen molar-refractivity contribution in [2.75, 3.05) is 5.75 Å². The minimum atomic E-state index is 0.322. The third-order valence-corrected chi connectivity index (χ3v) is 5.24. The zero-order chi connectivity index (χ0) is 17.9. The van der Waals surface area contributed by atoms with Gasteiger partial charge >= 0.3 is 0 Å². The second kappa shape index (κ2) is 11.8. The van der Waals surface area contributed by atoms with Crippen LogP contribution in [0, 0.1) is 5.41 Å². The molecule has 1 unspecified atom stereocenters. The Morgan fingerprint density at radius 3 is 2.09 bits per heavy atom. The number of rotatable bonds is 10. The van der Waals surface area contributed by atoms with Crippen LogP contribution in [0.4, 0.5) is 0 Å². The number of hydrogen-bond acceptors (Lipinski definition) is 1. The van der Waals surface area contributed by atoms with Crippen LogP contribution in [0.2, 0.25) is 0 Å². The van der Waals surface area contributed by atoms with Crippen molar-refractivity contribution >= 4 is 12.6 Å². The zero-order valence-electron chi connectivity index (χ0n) is 16.5. The summed E-state index contributed by atoms with van der Waals surface area (Å²) >= 11 is 4.29. The number of thiol groups is 1. The first-order chi connectivity index (χ1) is 10.8. The molecule has 0 aromatic rings. The van der Waals surface area contributed by atoms with Crippen LogP contribution in [-0.4, -0.2) is 5.75 Å². The third-order valence-electron chi connectivity index (χ3n) is 5.05. The van der Waals surface area contributed by atoms with Gasteiger partial charge in [0.05, 0.1) is 0 Å². The highest BCUT2D eigenvalue weighted by Gasteiger charge is 2.22. The van der Waals surface area contributed by atoms with Crippen LogP contribution in [0.3, 0.4) is 0 Å². The molecule has 0 saturated carbocycles. The van der Waals surface area contributed by atoms with Crippen LogP contribution >= 0.6 is 12.6 Å². The van der Waals surface area contributed by atoms with E-state index in [9.17, 15) is 0 Å². The van der Waals surface area contributed by atoms with Crippen molar-refractivity contribution in [3.05, 3.63) is 46.6 Å². The molecule has 23 heavy (non-hydrogen) atoms. The van der Waals surface area contributed by atoms with Gasteiger partial charge in [0.15, 0.2) is 0 Å². The monoisotopic (exact) mass is 334 g/mol. The van der Waals surface area contributed by atoms with Crippen LogP contribution in [0.5, 0.6) is 0 Å². The van der Waals surface area contributed by atoms with Gasteiger partial charge in [0.2, 0.25) is 0 Å². The Morgan fingerprint density at radius 1 is 0.957 bits per heavy atom. The Labute approximate surface area is 151 Å². The van der Waals surface area contributed by atoms with E-state index < -0.39 is 0 Å². The minimum absolute atomic E-state index is 0.322. The first-order valence-electron chi connectivity index (χ1n) is 9.08. The molecule has 0 aliphatic rings. The summed E-state index contributed by atoms with van der Waals surface area (Å²) in [7, 11) is 0. The lowest BCUT2D eigenvalue weighted by atomic mass is 9.76. The molecule has 0 saturated heterocycles. The third kappa shape index (κ3) is 8.65. The van der Waals surface area contributed by atoms with Gasteiger partial charge in [-0.05, 0) is 70.8 Å². The van der Waals surface area contributed by atoms with Crippen LogP contribution in [-0.2, 0) is 0 Å². The van der Waals surface area contributed by atoms with E-state index in [0.29, 0.717) is 5.41 Å². The number of hydrogen-bond donors (Lipinski definition) is 1. The normalized spacial score (nSPS) is 16.3. The molecule has 0 bridgehead atoms. The van der Waals surface area contributed by atoms with Gasteiger partial charge in [0.1, 0.15) is 0 Å². The van der Waals surface area contributed by atoms with Crippen molar-refractivity contribution in [3.63, 3.8) is 0 Å². The average Bonchev–Trinajstić information content (AvgIpc) is 2.50. The second-order valence-electron chi connectivity index (χ2n) is 7.01. The van der Waals surface area contributed by atoms with Gasteiger partial charge in [-0.2, -0.15) is 12.6 Å². The Morgan fingerprint density at radius 2 is 1.61 bits per heavy atom. The van der Waals surface area contributed by atoms with Crippen LogP contribution in [0.25, 0.3) is 0 Å². The van der Waals surface area contributed by atoms with Crippen molar-refractivity contribution in [1.82, 2.24) is 0 Å². The van der Waals surface area contributed by atoms with Crippen molar-refractivity contribution < 1.29 is 0 Å². The lowest BCUT2D eigenvalue weighted by molar-refractivity contribution is 0.353. The predicted molar refractivity (Wildman–Crippen MR) is 111 cm³/mol. The molecule has 0 rings (SSSR count). The predicted octanol–water partition coefficient (Wildman–Crippen LogP) is 7.70.